The Kier molecular flexibility index (Phi) is 10.3. The minimum Gasteiger partial charge on any atom is -0.371 e. The number of carbonyl (C=O) groups excluding carboxylic acids is 1. The number of carbonyl (C=O) groups is 1. The van der Waals surface area contributed by atoms with Crippen LogP contribution in [0.1, 0.15) is 121 Å². The molecule has 0 spiro atoms. The van der Waals surface area contributed by atoms with Gasteiger partial charge in [-0.05, 0) is 122 Å². The van der Waals surface area contributed by atoms with Crippen LogP contribution in [0.15, 0.2) is 93.8 Å². The van der Waals surface area contributed by atoms with Gasteiger partial charge in [0.05, 0.1) is 0 Å². The second-order valence-electron chi connectivity index (χ2n) is 13.9. The molecule has 3 nitrogen and oxygen atoms in total. The molecule has 2 aliphatic heterocycles. The van der Waals surface area contributed by atoms with Gasteiger partial charge >= 0.3 is 0 Å². The molecule has 1 aromatic rings. The van der Waals surface area contributed by atoms with Gasteiger partial charge in [0.15, 0.2) is 5.78 Å². The van der Waals surface area contributed by atoms with E-state index in [4.69, 9.17) is 0 Å². The molecule has 0 saturated heterocycles. The Hall–Kier alpha value is -3.20. The van der Waals surface area contributed by atoms with Crippen molar-refractivity contribution in [1.82, 2.24) is 4.90 Å². The lowest BCUT2D eigenvalue weighted by Crippen LogP contribution is -2.29. The number of aliphatic imine (C=N–C) groups is 1. The Balaban J connectivity index is 1.13. The molecule has 1 fully saturated rings. The molecule has 2 heterocycles. The van der Waals surface area contributed by atoms with Crippen LogP contribution in [-0.2, 0) is 4.79 Å². The third-order valence-corrected chi connectivity index (χ3v) is 10.8. The van der Waals surface area contributed by atoms with Crippen LogP contribution in [0.5, 0.6) is 0 Å². The molecule has 5 aliphatic rings. The third-order valence-electron chi connectivity index (χ3n) is 10.8. The predicted octanol–water partition coefficient (Wildman–Crippen LogP) is 10.4. The van der Waals surface area contributed by atoms with Gasteiger partial charge in [-0.2, -0.15) is 0 Å². The maximum atomic E-state index is 13.3. The first kappa shape index (κ1) is 30.8. The molecule has 0 amide bonds. The van der Waals surface area contributed by atoms with Gasteiger partial charge in [-0.25, -0.2) is 0 Å². The Morgan fingerprint density at radius 1 is 0.932 bits per heavy atom. The zero-order valence-electron chi connectivity index (χ0n) is 27.2. The highest BCUT2D eigenvalue weighted by Gasteiger charge is 2.28. The smallest absolute Gasteiger partial charge is 0.161 e. The Labute approximate surface area is 266 Å². The number of hydrogen-bond donors (Lipinski definition) is 0. The molecule has 1 saturated carbocycles. The second kappa shape index (κ2) is 14.7. The van der Waals surface area contributed by atoms with Crippen LogP contribution in [0.2, 0.25) is 0 Å². The average molecular weight is 589 g/mol. The van der Waals surface area contributed by atoms with Crippen molar-refractivity contribution in [3.8, 4) is 0 Å². The first-order chi connectivity index (χ1) is 21.6. The molecule has 1 atom stereocenters. The fourth-order valence-electron chi connectivity index (χ4n) is 8.05. The van der Waals surface area contributed by atoms with Gasteiger partial charge in [0.2, 0.25) is 0 Å². The van der Waals surface area contributed by atoms with Crippen LogP contribution in [-0.4, -0.2) is 30.0 Å². The number of benzene rings is 1. The Bertz CT molecular complexity index is 1400. The minimum atomic E-state index is 0.260. The highest BCUT2D eigenvalue weighted by atomic mass is 16.1. The number of Topliss-reactive ketones (excluding diaryl/α,β-unsaturated/α-hetero) is 1. The van der Waals surface area contributed by atoms with Gasteiger partial charge in [0.25, 0.3) is 0 Å². The van der Waals surface area contributed by atoms with E-state index in [9.17, 15) is 4.79 Å². The second-order valence-corrected chi connectivity index (χ2v) is 13.9. The molecule has 3 heteroatoms. The van der Waals surface area contributed by atoms with Crippen molar-refractivity contribution in [2.45, 2.75) is 110 Å². The first-order valence-electron chi connectivity index (χ1n) is 17.7. The molecule has 0 N–H and O–H groups in total. The number of rotatable bonds is 7. The van der Waals surface area contributed by atoms with Crippen LogP contribution in [0.3, 0.4) is 0 Å². The fourth-order valence-corrected chi connectivity index (χ4v) is 8.05. The van der Waals surface area contributed by atoms with E-state index in [1.54, 1.807) is 5.57 Å². The van der Waals surface area contributed by atoms with E-state index >= 15 is 0 Å². The molecule has 1 unspecified atom stereocenters. The van der Waals surface area contributed by atoms with Gasteiger partial charge in [0.1, 0.15) is 0 Å². The van der Waals surface area contributed by atoms with Gasteiger partial charge in [-0.3, -0.25) is 9.79 Å². The van der Waals surface area contributed by atoms with Crippen molar-refractivity contribution in [3.05, 3.63) is 100.0 Å². The Morgan fingerprint density at radius 2 is 1.77 bits per heavy atom. The number of allylic oxidation sites excluding steroid dienone is 8. The maximum Gasteiger partial charge on any atom is 0.161 e. The van der Waals surface area contributed by atoms with Gasteiger partial charge in [0, 0.05) is 42.7 Å². The summed E-state index contributed by atoms with van der Waals surface area (Å²) in [6.07, 6.45) is 31.6. The molecular formula is C41H52N2O. The molecule has 0 radical (unpaired) electrons. The third kappa shape index (κ3) is 7.36. The van der Waals surface area contributed by atoms with Crippen molar-refractivity contribution in [1.29, 1.82) is 0 Å². The van der Waals surface area contributed by atoms with Gasteiger partial charge in [-0.15, -0.1) is 0 Å². The van der Waals surface area contributed by atoms with Crippen molar-refractivity contribution < 1.29 is 4.79 Å². The lowest BCUT2D eigenvalue weighted by Gasteiger charge is -2.32. The number of hydrogen-bond acceptors (Lipinski definition) is 3. The molecule has 232 valence electrons. The number of nitrogens with zero attached hydrogens (tertiary/aromatic N) is 2. The summed E-state index contributed by atoms with van der Waals surface area (Å²) in [6.45, 7) is 6.53. The summed E-state index contributed by atoms with van der Waals surface area (Å²) < 4.78 is 0. The molecule has 0 bridgehead atoms. The van der Waals surface area contributed by atoms with Crippen LogP contribution in [0, 0.1) is 11.8 Å². The molecule has 1 aromatic carbocycles. The largest absolute Gasteiger partial charge is 0.371 e. The maximum absolute atomic E-state index is 13.3. The average Bonchev–Trinajstić information content (AvgIpc) is 3.40. The summed E-state index contributed by atoms with van der Waals surface area (Å²) >= 11 is 0. The molecule has 3 aliphatic carbocycles. The fraction of sp³-hybridized carbons (Fsp3) is 0.512. The predicted molar refractivity (Wildman–Crippen MR) is 186 cm³/mol. The zero-order valence-corrected chi connectivity index (χ0v) is 27.2. The van der Waals surface area contributed by atoms with E-state index < -0.39 is 0 Å². The summed E-state index contributed by atoms with van der Waals surface area (Å²) in [5.74, 6) is 2.15. The topological polar surface area (TPSA) is 32.7 Å². The van der Waals surface area contributed by atoms with E-state index in [1.165, 1.54) is 84.9 Å². The summed E-state index contributed by atoms with van der Waals surface area (Å²) in [4.78, 5) is 20.5. The van der Waals surface area contributed by atoms with E-state index in [0.29, 0.717) is 11.7 Å². The SMILES string of the molecule is CCCC1=CCCC(c2ccc(C3=CCC4=CN=CC=C(N5CC/C=C(\C(=O)C6CCC(C)CC6)CCC5)C4=C3)cc2)CC1. The first-order valence-corrected chi connectivity index (χ1v) is 17.7. The van der Waals surface area contributed by atoms with Gasteiger partial charge in [-0.1, -0.05) is 81.2 Å². The number of ketones is 1. The lowest BCUT2D eigenvalue weighted by atomic mass is 9.78. The summed E-state index contributed by atoms with van der Waals surface area (Å²) in [7, 11) is 0. The van der Waals surface area contributed by atoms with E-state index in [1.807, 2.05) is 12.4 Å². The highest BCUT2D eigenvalue weighted by Crippen LogP contribution is 2.38. The van der Waals surface area contributed by atoms with E-state index in [0.717, 1.165) is 63.1 Å². The van der Waals surface area contributed by atoms with Gasteiger partial charge < -0.3 is 4.90 Å². The van der Waals surface area contributed by atoms with Crippen LogP contribution >= 0.6 is 0 Å². The summed E-state index contributed by atoms with van der Waals surface area (Å²) in [5.41, 5.74) is 10.8. The number of fused-ring (bicyclic) bond motifs is 1. The van der Waals surface area contributed by atoms with Crippen molar-refractivity contribution in [3.63, 3.8) is 0 Å². The van der Waals surface area contributed by atoms with E-state index in [-0.39, 0.29) is 5.92 Å². The van der Waals surface area contributed by atoms with Crippen LogP contribution < -0.4 is 0 Å². The lowest BCUT2D eigenvalue weighted by molar-refractivity contribution is -0.120. The molecule has 6 rings (SSSR count). The monoisotopic (exact) mass is 588 g/mol. The molecular weight excluding hydrogens is 536 g/mol. The van der Waals surface area contributed by atoms with E-state index in [2.05, 4.69) is 78.4 Å². The Morgan fingerprint density at radius 3 is 2.59 bits per heavy atom. The van der Waals surface area contributed by atoms with Crippen molar-refractivity contribution in [2.75, 3.05) is 13.1 Å². The minimum absolute atomic E-state index is 0.260. The van der Waals surface area contributed by atoms with Crippen LogP contribution in [0.4, 0.5) is 0 Å². The normalized spacial score (nSPS) is 27.5. The standard InChI is InChI=1S/C41H52N2O/c1-3-7-31-8-4-9-32(17-14-31)33-18-20-34(21-19-33)37-22-23-38-29-42-25-24-40(39(38)28-37)43-26-5-10-35(11-6-27-43)41(44)36-15-12-30(2)13-16-36/h8,10,18-22,24-25,28-30,32,36H,3-7,9,11-17,23,26-27H2,1-2H3/b35-10-. The van der Waals surface area contributed by atoms with Crippen molar-refractivity contribution >= 4 is 17.6 Å². The highest BCUT2D eigenvalue weighted by molar-refractivity contribution is 5.97. The van der Waals surface area contributed by atoms with Crippen LogP contribution in [0.25, 0.3) is 5.57 Å². The van der Waals surface area contributed by atoms with Crippen molar-refractivity contribution in [2.24, 2.45) is 16.8 Å². The molecule has 44 heavy (non-hydrogen) atoms. The summed E-state index contributed by atoms with van der Waals surface area (Å²) in [6, 6.07) is 9.47. The zero-order chi connectivity index (χ0) is 30.3. The summed E-state index contributed by atoms with van der Waals surface area (Å²) in [5, 5.41) is 0. The quantitative estimate of drug-likeness (QED) is 0.297. The molecule has 0 aromatic heterocycles.